The molecule has 0 saturated heterocycles. The first-order valence-electron chi connectivity index (χ1n) is 6.78. The van der Waals surface area contributed by atoms with Crippen LogP contribution in [0.3, 0.4) is 0 Å². The van der Waals surface area contributed by atoms with Crippen LogP contribution in [0.2, 0.25) is 0 Å². The Morgan fingerprint density at radius 2 is 1.70 bits per heavy atom. The van der Waals surface area contributed by atoms with Crippen molar-refractivity contribution < 1.29 is 14.3 Å². The van der Waals surface area contributed by atoms with Crippen LogP contribution in [0.5, 0.6) is 5.75 Å². The highest BCUT2D eigenvalue weighted by atomic mass is 16.5. The van der Waals surface area contributed by atoms with Crippen LogP contribution in [0.15, 0.2) is 24.3 Å². The zero-order valence-electron chi connectivity index (χ0n) is 12.8. The molecule has 4 nitrogen and oxygen atoms in total. The van der Waals surface area contributed by atoms with Crippen molar-refractivity contribution in [3.63, 3.8) is 0 Å². The number of carbonyl (C=O) groups excluding carboxylic acids is 2. The van der Waals surface area contributed by atoms with Crippen molar-refractivity contribution in [1.82, 2.24) is 4.90 Å². The van der Waals surface area contributed by atoms with E-state index in [0.29, 0.717) is 6.54 Å². The quantitative estimate of drug-likeness (QED) is 0.803. The number of amides is 1. The topological polar surface area (TPSA) is 46.6 Å². The van der Waals surface area contributed by atoms with Crippen molar-refractivity contribution in [2.45, 2.75) is 33.7 Å². The Labute approximate surface area is 120 Å². The SMILES string of the molecule is COc1ccc(C(C)N(CC(C)C(C)=O)C(C)=O)cc1. The fourth-order valence-electron chi connectivity index (χ4n) is 2.05. The lowest BCUT2D eigenvalue weighted by molar-refractivity contribution is -0.132. The zero-order chi connectivity index (χ0) is 15.3. The third kappa shape index (κ3) is 4.08. The van der Waals surface area contributed by atoms with Crippen LogP contribution in [0, 0.1) is 5.92 Å². The largest absolute Gasteiger partial charge is 0.497 e. The summed E-state index contributed by atoms with van der Waals surface area (Å²) in [6, 6.07) is 7.56. The molecule has 4 heteroatoms. The maximum Gasteiger partial charge on any atom is 0.219 e. The van der Waals surface area contributed by atoms with E-state index in [4.69, 9.17) is 4.74 Å². The highest BCUT2D eigenvalue weighted by Gasteiger charge is 2.22. The second kappa shape index (κ2) is 7.08. The minimum absolute atomic E-state index is 0.0265. The number of ketones is 1. The summed E-state index contributed by atoms with van der Waals surface area (Å²) in [7, 11) is 1.62. The molecule has 0 aliphatic heterocycles. The molecule has 1 rings (SSSR count). The molecule has 0 fully saturated rings. The van der Waals surface area contributed by atoms with Gasteiger partial charge in [-0.05, 0) is 31.5 Å². The molecular weight excluding hydrogens is 254 g/mol. The van der Waals surface area contributed by atoms with Gasteiger partial charge in [0.25, 0.3) is 0 Å². The Hall–Kier alpha value is -1.84. The molecule has 0 aromatic heterocycles. The van der Waals surface area contributed by atoms with Crippen LogP contribution in [0.25, 0.3) is 0 Å². The molecule has 20 heavy (non-hydrogen) atoms. The van der Waals surface area contributed by atoms with Crippen LogP contribution >= 0.6 is 0 Å². The predicted molar refractivity (Wildman–Crippen MR) is 78.6 cm³/mol. The number of methoxy groups -OCH3 is 1. The smallest absolute Gasteiger partial charge is 0.219 e. The van der Waals surface area contributed by atoms with Gasteiger partial charge < -0.3 is 9.64 Å². The van der Waals surface area contributed by atoms with E-state index < -0.39 is 0 Å². The summed E-state index contributed by atoms with van der Waals surface area (Å²) < 4.78 is 5.13. The fourth-order valence-corrected chi connectivity index (χ4v) is 2.05. The van der Waals surface area contributed by atoms with E-state index in [9.17, 15) is 9.59 Å². The van der Waals surface area contributed by atoms with Gasteiger partial charge in [0.1, 0.15) is 11.5 Å². The molecule has 0 heterocycles. The number of rotatable bonds is 6. The molecule has 0 spiro atoms. The van der Waals surface area contributed by atoms with E-state index in [1.54, 1.807) is 18.9 Å². The number of hydrogen-bond donors (Lipinski definition) is 0. The summed E-state index contributed by atoms with van der Waals surface area (Å²) in [6.07, 6.45) is 0. The summed E-state index contributed by atoms with van der Waals surface area (Å²) in [5.41, 5.74) is 1.02. The summed E-state index contributed by atoms with van der Waals surface area (Å²) in [5, 5.41) is 0. The first-order chi connectivity index (χ1) is 9.36. The molecule has 0 saturated carbocycles. The Morgan fingerprint density at radius 3 is 2.10 bits per heavy atom. The van der Waals surface area contributed by atoms with Gasteiger partial charge in [0.2, 0.25) is 5.91 Å². The summed E-state index contributed by atoms with van der Waals surface area (Å²) in [4.78, 5) is 24.9. The van der Waals surface area contributed by atoms with Gasteiger partial charge in [0.05, 0.1) is 13.2 Å². The van der Waals surface area contributed by atoms with E-state index in [2.05, 4.69) is 0 Å². The number of Topliss-reactive ketones (excluding diaryl/α,β-unsaturated/α-hetero) is 1. The van der Waals surface area contributed by atoms with Crippen LogP contribution < -0.4 is 4.74 Å². The maximum atomic E-state index is 11.8. The van der Waals surface area contributed by atoms with Crippen molar-refractivity contribution in [3.8, 4) is 5.75 Å². The number of ether oxygens (including phenoxy) is 1. The van der Waals surface area contributed by atoms with E-state index in [1.165, 1.54) is 6.92 Å². The van der Waals surface area contributed by atoms with Crippen LogP contribution in [0.4, 0.5) is 0 Å². The minimum atomic E-state index is -0.153. The molecule has 110 valence electrons. The lowest BCUT2D eigenvalue weighted by atomic mass is 10.0. The lowest BCUT2D eigenvalue weighted by Crippen LogP contribution is -2.36. The summed E-state index contributed by atoms with van der Waals surface area (Å²) in [5.74, 6) is 0.701. The number of carbonyl (C=O) groups is 2. The zero-order valence-corrected chi connectivity index (χ0v) is 12.8. The van der Waals surface area contributed by atoms with Crippen LogP contribution in [0.1, 0.15) is 39.3 Å². The Kier molecular flexibility index (Phi) is 5.74. The second-order valence-electron chi connectivity index (χ2n) is 5.13. The van der Waals surface area contributed by atoms with Crippen molar-refractivity contribution in [2.75, 3.05) is 13.7 Å². The standard InChI is InChI=1S/C16H23NO3/c1-11(13(3)18)10-17(14(4)19)12(2)15-6-8-16(20-5)9-7-15/h6-9,11-12H,10H2,1-5H3. The van der Waals surface area contributed by atoms with Gasteiger partial charge in [-0.15, -0.1) is 0 Å². The van der Waals surface area contributed by atoms with Gasteiger partial charge >= 0.3 is 0 Å². The molecule has 0 aliphatic rings. The first-order valence-corrected chi connectivity index (χ1v) is 6.78. The molecule has 1 aromatic rings. The van der Waals surface area contributed by atoms with Gasteiger partial charge in [0.15, 0.2) is 0 Å². The molecular formula is C16H23NO3. The Bertz CT molecular complexity index is 467. The molecule has 0 bridgehead atoms. The summed E-state index contributed by atoms with van der Waals surface area (Å²) >= 11 is 0. The van der Waals surface area contributed by atoms with Crippen LogP contribution in [-0.4, -0.2) is 30.2 Å². The van der Waals surface area contributed by atoms with Crippen LogP contribution in [-0.2, 0) is 9.59 Å². The number of benzene rings is 1. The Morgan fingerprint density at radius 1 is 1.15 bits per heavy atom. The molecule has 0 aliphatic carbocycles. The monoisotopic (exact) mass is 277 g/mol. The highest BCUT2D eigenvalue weighted by Crippen LogP contribution is 2.23. The van der Waals surface area contributed by atoms with Gasteiger partial charge in [-0.2, -0.15) is 0 Å². The molecule has 1 aromatic carbocycles. The van der Waals surface area contributed by atoms with E-state index in [-0.39, 0.29) is 23.7 Å². The molecule has 2 atom stereocenters. The fraction of sp³-hybridized carbons (Fsp3) is 0.500. The number of hydrogen-bond acceptors (Lipinski definition) is 3. The lowest BCUT2D eigenvalue weighted by Gasteiger charge is -2.30. The van der Waals surface area contributed by atoms with Gasteiger partial charge in [-0.1, -0.05) is 19.1 Å². The van der Waals surface area contributed by atoms with Crippen molar-refractivity contribution in [1.29, 1.82) is 0 Å². The van der Waals surface area contributed by atoms with Crippen molar-refractivity contribution in [3.05, 3.63) is 29.8 Å². The molecule has 0 N–H and O–H groups in total. The van der Waals surface area contributed by atoms with Gasteiger partial charge in [-0.25, -0.2) is 0 Å². The highest BCUT2D eigenvalue weighted by molar-refractivity contribution is 5.79. The van der Waals surface area contributed by atoms with Crippen molar-refractivity contribution in [2.24, 2.45) is 5.92 Å². The van der Waals surface area contributed by atoms with Gasteiger partial charge in [0, 0.05) is 19.4 Å². The van der Waals surface area contributed by atoms with Gasteiger partial charge in [-0.3, -0.25) is 9.59 Å². The Balaban J connectivity index is 2.89. The van der Waals surface area contributed by atoms with E-state index >= 15 is 0 Å². The summed E-state index contributed by atoms with van der Waals surface area (Å²) in [6.45, 7) is 7.35. The average molecular weight is 277 g/mol. The normalized spacial score (nSPS) is 13.4. The number of nitrogens with zero attached hydrogens (tertiary/aromatic N) is 1. The maximum absolute atomic E-state index is 11.8. The van der Waals surface area contributed by atoms with E-state index in [0.717, 1.165) is 11.3 Å². The minimum Gasteiger partial charge on any atom is -0.497 e. The second-order valence-corrected chi connectivity index (χ2v) is 5.13. The predicted octanol–water partition coefficient (Wildman–Crippen LogP) is 2.83. The molecule has 1 amide bonds. The van der Waals surface area contributed by atoms with E-state index in [1.807, 2.05) is 38.1 Å². The third-order valence-electron chi connectivity index (χ3n) is 3.63. The average Bonchev–Trinajstić information content (AvgIpc) is 2.43. The molecule has 0 radical (unpaired) electrons. The first kappa shape index (κ1) is 16.2. The molecule has 2 unspecified atom stereocenters. The van der Waals surface area contributed by atoms with Crippen molar-refractivity contribution >= 4 is 11.7 Å². The third-order valence-corrected chi connectivity index (χ3v) is 3.63.